The van der Waals surface area contributed by atoms with Crippen molar-refractivity contribution in [2.45, 2.75) is 19.0 Å². The lowest BCUT2D eigenvalue weighted by molar-refractivity contribution is -0.117. The molecule has 1 aliphatic heterocycles. The van der Waals surface area contributed by atoms with E-state index in [1.54, 1.807) is 0 Å². The Morgan fingerprint density at radius 1 is 1.54 bits per heavy atom. The molecule has 0 spiro atoms. The van der Waals surface area contributed by atoms with Crippen molar-refractivity contribution in [1.82, 2.24) is 0 Å². The Balaban J connectivity index is 2.67. The molecule has 0 radical (unpaired) electrons. The molecule has 0 amide bonds. The van der Waals surface area contributed by atoms with Gasteiger partial charge in [-0.25, -0.2) is 12.8 Å². The highest BCUT2D eigenvalue weighted by molar-refractivity contribution is 7.91. The van der Waals surface area contributed by atoms with Crippen LogP contribution < -0.4 is 0 Å². The number of alkyl halides is 1. The van der Waals surface area contributed by atoms with Gasteiger partial charge in [0.1, 0.15) is 0 Å². The summed E-state index contributed by atoms with van der Waals surface area (Å²) in [6.07, 6.45) is -1.01. The van der Waals surface area contributed by atoms with E-state index in [9.17, 15) is 17.6 Å². The van der Waals surface area contributed by atoms with Gasteiger partial charge in [-0.2, -0.15) is 0 Å². The molecule has 0 bridgehead atoms. The molecule has 0 N–H and O–H groups in total. The average molecular weight is 229 g/mol. The second-order valence-corrected chi connectivity index (χ2v) is 5.82. The van der Waals surface area contributed by atoms with Gasteiger partial charge in [0.15, 0.2) is 16.0 Å². The molecule has 0 aliphatic carbocycles. The summed E-state index contributed by atoms with van der Waals surface area (Å²) in [6, 6.07) is 0. The van der Waals surface area contributed by atoms with E-state index >= 15 is 0 Å². The fourth-order valence-corrected chi connectivity index (χ4v) is 3.41. The van der Waals surface area contributed by atoms with Gasteiger partial charge in [-0.1, -0.05) is 0 Å². The van der Waals surface area contributed by atoms with Crippen LogP contribution in [0.1, 0.15) is 12.8 Å². The number of sulfone groups is 1. The van der Waals surface area contributed by atoms with Crippen molar-refractivity contribution in [3.63, 3.8) is 0 Å². The molecular weight excluding hydrogens is 219 g/mol. The first kappa shape index (κ1) is 10.9. The average Bonchev–Trinajstić information content (AvgIpc) is 2.01. The first-order chi connectivity index (χ1) is 5.92. The van der Waals surface area contributed by atoms with Crippen molar-refractivity contribution >= 4 is 26.7 Å². The largest absolute Gasteiger partial charge is 0.278 e. The molecule has 6 heteroatoms. The van der Waals surface area contributed by atoms with Crippen molar-refractivity contribution in [2.75, 3.05) is 11.5 Å². The smallest absolute Gasteiger partial charge is 0.256 e. The van der Waals surface area contributed by atoms with Gasteiger partial charge in [0, 0.05) is 5.92 Å². The molecule has 0 aromatic heterocycles. The zero-order chi connectivity index (χ0) is 10.1. The van der Waals surface area contributed by atoms with Gasteiger partial charge in [0.2, 0.25) is 0 Å². The number of halogens is 2. The van der Waals surface area contributed by atoms with Gasteiger partial charge in [-0.05, 0) is 24.4 Å². The van der Waals surface area contributed by atoms with Crippen LogP contribution >= 0.6 is 11.6 Å². The van der Waals surface area contributed by atoms with Crippen LogP contribution in [-0.4, -0.2) is 31.3 Å². The summed E-state index contributed by atoms with van der Waals surface area (Å²) in [5, 5.41) is -1.10. The summed E-state index contributed by atoms with van der Waals surface area (Å²) in [4.78, 5) is 10.4. The van der Waals surface area contributed by atoms with Crippen molar-refractivity contribution in [3.8, 4) is 0 Å². The Morgan fingerprint density at radius 3 is 2.62 bits per heavy atom. The third kappa shape index (κ3) is 2.91. The highest BCUT2D eigenvalue weighted by Crippen LogP contribution is 2.24. The van der Waals surface area contributed by atoms with Gasteiger partial charge < -0.3 is 0 Å². The second-order valence-electron chi connectivity index (χ2n) is 3.22. The number of rotatable bonds is 2. The van der Waals surface area contributed by atoms with Crippen molar-refractivity contribution in [1.29, 1.82) is 0 Å². The lowest BCUT2D eigenvalue weighted by Gasteiger charge is -2.22. The van der Waals surface area contributed by atoms with Crippen LogP contribution in [0.4, 0.5) is 4.39 Å². The van der Waals surface area contributed by atoms with E-state index in [2.05, 4.69) is 0 Å². The van der Waals surface area contributed by atoms with Crippen LogP contribution in [0.25, 0.3) is 0 Å². The molecular formula is C7H10ClFO3S. The molecule has 0 aromatic carbocycles. The molecule has 13 heavy (non-hydrogen) atoms. The molecule has 1 aliphatic rings. The molecule has 1 saturated heterocycles. The molecule has 0 aromatic rings. The van der Waals surface area contributed by atoms with E-state index in [1.807, 2.05) is 0 Å². The van der Waals surface area contributed by atoms with E-state index in [-0.39, 0.29) is 11.5 Å². The summed E-state index contributed by atoms with van der Waals surface area (Å²) >= 11 is 4.95. The van der Waals surface area contributed by atoms with Gasteiger partial charge in [0.05, 0.1) is 11.5 Å². The predicted molar refractivity (Wildman–Crippen MR) is 47.1 cm³/mol. The monoisotopic (exact) mass is 228 g/mol. The minimum Gasteiger partial charge on any atom is -0.278 e. The van der Waals surface area contributed by atoms with Crippen LogP contribution in [0.15, 0.2) is 0 Å². The van der Waals surface area contributed by atoms with Crippen LogP contribution in [-0.2, 0) is 14.6 Å². The summed E-state index contributed by atoms with van der Waals surface area (Å²) in [6.45, 7) is 0. The van der Waals surface area contributed by atoms with Crippen molar-refractivity contribution < 1.29 is 17.6 Å². The van der Waals surface area contributed by atoms with Crippen molar-refractivity contribution in [2.24, 2.45) is 5.92 Å². The molecule has 2 atom stereocenters. The maximum atomic E-state index is 13.0. The van der Waals surface area contributed by atoms with Gasteiger partial charge in [-0.15, -0.1) is 0 Å². The molecule has 2 unspecified atom stereocenters. The first-order valence-electron chi connectivity index (χ1n) is 3.96. The molecule has 1 fully saturated rings. The van der Waals surface area contributed by atoms with Crippen LogP contribution in [0.3, 0.4) is 0 Å². The number of hydrogen-bond acceptors (Lipinski definition) is 3. The number of carbonyl (C=O) groups is 1. The van der Waals surface area contributed by atoms with Crippen LogP contribution in [0.5, 0.6) is 0 Å². The Morgan fingerprint density at radius 2 is 2.15 bits per heavy atom. The van der Waals surface area contributed by atoms with Gasteiger partial charge in [0.25, 0.3) is 5.24 Å². The summed E-state index contributed by atoms with van der Waals surface area (Å²) in [5.41, 5.74) is 0. The Labute approximate surface area is 81.2 Å². The van der Waals surface area contributed by atoms with Gasteiger partial charge in [-0.3, -0.25) is 4.79 Å². The van der Waals surface area contributed by atoms with Crippen LogP contribution in [0, 0.1) is 5.92 Å². The van der Waals surface area contributed by atoms with E-state index < -0.39 is 27.2 Å². The third-order valence-electron chi connectivity index (χ3n) is 2.13. The van der Waals surface area contributed by atoms with Crippen molar-refractivity contribution in [3.05, 3.63) is 0 Å². The summed E-state index contributed by atoms with van der Waals surface area (Å²) in [7, 11) is -3.16. The SMILES string of the molecule is O=C(Cl)C(F)C1CCCS(=O)(=O)C1. The molecule has 0 saturated carbocycles. The lowest BCUT2D eigenvalue weighted by Crippen LogP contribution is -2.33. The van der Waals surface area contributed by atoms with Crippen LogP contribution in [0.2, 0.25) is 0 Å². The zero-order valence-corrected chi connectivity index (χ0v) is 8.44. The standard InChI is InChI=1S/C7H10ClFO3S/c8-7(10)6(9)5-2-1-3-13(11,12)4-5/h5-6H,1-4H2. The molecule has 76 valence electrons. The maximum Gasteiger partial charge on any atom is 0.256 e. The fraction of sp³-hybridized carbons (Fsp3) is 0.857. The normalized spacial score (nSPS) is 29.5. The van der Waals surface area contributed by atoms with Gasteiger partial charge >= 0.3 is 0 Å². The Hall–Kier alpha value is -0.160. The molecule has 1 rings (SSSR count). The second kappa shape index (κ2) is 3.92. The topological polar surface area (TPSA) is 51.2 Å². The number of hydrogen-bond donors (Lipinski definition) is 0. The number of carbonyl (C=O) groups excluding carboxylic acids is 1. The Bertz CT molecular complexity index is 301. The van der Waals surface area contributed by atoms with E-state index in [1.165, 1.54) is 0 Å². The minimum atomic E-state index is -3.16. The zero-order valence-electron chi connectivity index (χ0n) is 6.87. The molecule has 3 nitrogen and oxygen atoms in total. The lowest BCUT2D eigenvalue weighted by atomic mass is 10.0. The third-order valence-corrected chi connectivity index (χ3v) is 4.18. The molecule has 1 heterocycles. The highest BCUT2D eigenvalue weighted by atomic mass is 35.5. The minimum absolute atomic E-state index is 0.0900. The predicted octanol–water partition coefficient (Wildman–Crippen LogP) is 0.915. The summed E-state index contributed by atoms with van der Waals surface area (Å²) in [5.74, 6) is -0.914. The first-order valence-corrected chi connectivity index (χ1v) is 6.16. The van der Waals surface area contributed by atoms with E-state index in [0.717, 1.165) is 0 Å². The van der Waals surface area contributed by atoms with E-state index in [4.69, 9.17) is 11.6 Å². The van der Waals surface area contributed by atoms with E-state index in [0.29, 0.717) is 12.8 Å². The summed E-state index contributed by atoms with van der Waals surface area (Å²) < 4.78 is 35.1. The highest BCUT2D eigenvalue weighted by Gasteiger charge is 2.34. The quantitative estimate of drug-likeness (QED) is 0.661. The fourth-order valence-electron chi connectivity index (χ4n) is 1.47. The Kier molecular flexibility index (Phi) is 3.29. The maximum absolute atomic E-state index is 13.0.